The van der Waals surface area contributed by atoms with Gasteiger partial charge in [-0.15, -0.1) is 5.10 Å². The summed E-state index contributed by atoms with van der Waals surface area (Å²) < 4.78 is 7.38. The predicted molar refractivity (Wildman–Crippen MR) is 102 cm³/mol. The van der Waals surface area contributed by atoms with Crippen molar-refractivity contribution in [2.24, 2.45) is 7.05 Å². The van der Waals surface area contributed by atoms with Gasteiger partial charge in [-0.05, 0) is 29.8 Å². The molecule has 134 valence electrons. The van der Waals surface area contributed by atoms with Gasteiger partial charge in [0.1, 0.15) is 23.8 Å². The lowest BCUT2D eigenvalue weighted by molar-refractivity contribution is 0.304. The van der Waals surface area contributed by atoms with Gasteiger partial charge in [-0.3, -0.25) is 4.98 Å². The van der Waals surface area contributed by atoms with E-state index in [1.807, 2.05) is 54.6 Å². The lowest BCUT2D eigenvalue weighted by Gasteiger charge is -2.09. The summed E-state index contributed by atoms with van der Waals surface area (Å²) in [4.78, 5) is 8.79. The summed E-state index contributed by atoms with van der Waals surface area (Å²) in [6.07, 6.45) is 1.70. The van der Waals surface area contributed by atoms with Crippen molar-refractivity contribution in [3.63, 3.8) is 0 Å². The number of hydrogen-bond acceptors (Lipinski definition) is 5. The molecule has 0 aliphatic rings. The van der Waals surface area contributed by atoms with Crippen molar-refractivity contribution in [1.29, 1.82) is 0 Å². The van der Waals surface area contributed by atoms with Crippen molar-refractivity contribution in [2.75, 3.05) is 0 Å². The maximum Gasteiger partial charge on any atom is 0.200 e. The zero-order valence-corrected chi connectivity index (χ0v) is 14.8. The summed E-state index contributed by atoms with van der Waals surface area (Å²) in [6.45, 7) is 0.438. The zero-order chi connectivity index (χ0) is 18.6. The maximum atomic E-state index is 10.5. The number of benzene rings is 2. The van der Waals surface area contributed by atoms with Gasteiger partial charge in [0.15, 0.2) is 11.6 Å². The molecule has 0 amide bonds. The van der Waals surface area contributed by atoms with Crippen LogP contribution in [0.3, 0.4) is 0 Å². The van der Waals surface area contributed by atoms with Crippen LogP contribution in [-0.2, 0) is 13.7 Å². The molecule has 4 rings (SSSR count). The molecule has 2 aromatic heterocycles. The lowest BCUT2D eigenvalue weighted by Crippen LogP contribution is -1.97. The van der Waals surface area contributed by atoms with E-state index in [-0.39, 0.29) is 5.75 Å². The van der Waals surface area contributed by atoms with Crippen molar-refractivity contribution < 1.29 is 9.84 Å². The highest BCUT2D eigenvalue weighted by molar-refractivity contribution is 5.67. The Morgan fingerprint density at radius 3 is 2.56 bits per heavy atom. The fourth-order valence-electron chi connectivity index (χ4n) is 2.75. The van der Waals surface area contributed by atoms with Crippen LogP contribution in [0.4, 0.5) is 0 Å². The minimum absolute atomic E-state index is 0.0867. The molecule has 0 atom stereocenters. The number of aryl methyl sites for hydroxylation is 1. The lowest BCUT2D eigenvalue weighted by atomic mass is 10.1. The van der Waals surface area contributed by atoms with Gasteiger partial charge in [-0.25, -0.2) is 9.67 Å². The van der Waals surface area contributed by atoms with Crippen molar-refractivity contribution in [3.8, 4) is 34.4 Å². The maximum absolute atomic E-state index is 10.5. The predicted octanol–water partition coefficient (Wildman–Crippen LogP) is 3.83. The first-order valence-corrected chi connectivity index (χ1v) is 8.53. The highest BCUT2D eigenvalue weighted by Crippen LogP contribution is 2.32. The number of pyridine rings is 1. The van der Waals surface area contributed by atoms with Crippen LogP contribution in [0.5, 0.6) is 11.5 Å². The van der Waals surface area contributed by atoms with E-state index in [2.05, 4.69) is 15.1 Å². The fourth-order valence-corrected chi connectivity index (χ4v) is 2.75. The van der Waals surface area contributed by atoms with Crippen LogP contribution in [0.1, 0.15) is 5.56 Å². The average Bonchev–Trinajstić information content (AvgIpc) is 3.09. The van der Waals surface area contributed by atoms with E-state index in [1.54, 1.807) is 30.1 Å². The van der Waals surface area contributed by atoms with Gasteiger partial charge in [0.05, 0.1) is 5.56 Å². The normalized spacial score (nSPS) is 10.7. The standard InChI is InChI=1S/C21H18N4O2/c1-25-21(23-20(24-25)18-9-5-6-12-22-18)17-11-10-16(13-19(17)26)27-14-15-7-3-2-4-8-15/h2-13,26H,14H2,1H3. The van der Waals surface area contributed by atoms with Crippen LogP contribution in [0.2, 0.25) is 0 Å². The van der Waals surface area contributed by atoms with E-state index in [0.717, 1.165) is 5.56 Å². The molecule has 0 spiro atoms. The van der Waals surface area contributed by atoms with E-state index >= 15 is 0 Å². The number of aromatic nitrogens is 4. The van der Waals surface area contributed by atoms with Crippen LogP contribution in [0, 0.1) is 0 Å². The summed E-state index contributed by atoms with van der Waals surface area (Å²) in [5.74, 6) is 1.75. The van der Waals surface area contributed by atoms with Crippen molar-refractivity contribution in [2.45, 2.75) is 6.61 Å². The summed E-state index contributed by atoms with van der Waals surface area (Å²) in [5.41, 5.74) is 2.33. The van der Waals surface area contributed by atoms with E-state index < -0.39 is 0 Å². The van der Waals surface area contributed by atoms with Crippen LogP contribution in [-0.4, -0.2) is 24.9 Å². The minimum atomic E-state index is 0.0867. The Morgan fingerprint density at radius 2 is 1.81 bits per heavy atom. The molecule has 4 aromatic rings. The van der Waals surface area contributed by atoms with Gasteiger partial charge in [0.25, 0.3) is 0 Å². The number of phenolic OH excluding ortho intramolecular Hbond substituents is 1. The molecular weight excluding hydrogens is 340 g/mol. The van der Waals surface area contributed by atoms with Gasteiger partial charge in [0, 0.05) is 19.3 Å². The van der Waals surface area contributed by atoms with Crippen LogP contribution in [0.15, 0.2) is 72.9 Å². The highest BCUT2D eigenvalue weighted by atomic mass is 16.5. The molecule has 0 saturated carbocycles. The molecule has 27 heavy (non-hydrogen) atoms. The largest absolute Gasteiger partial charge is 0.507 e. The summed E-state index contributed by atoms with van der Waals surface area (Å²) in [6, 6.07) is 20.6. The third-order valence-electron chi connectivity index (χ3n) is 4.12. The van der Waals surface area contributed by atoms with Crippen molar-refractivity contribution >= 4 is 0 Å². The molecule has 0 radical (unpaired) electrons. The molecule has 0 fully saturated rings. The molecule has 6 heteroatoms. The first-order chi connectivity index (χ1) is 13.2. The number of aromatic hydroxyl groups is 1. The van der Waals surface area contributed by atoms with E-state index in [0.29, 0.717) is 35.3 Å². The SMILES string of the molecule is Cn1nc(-c2ccccn2)nc1-c1ccc(OCc2ccccc2)cc1O. The molecule has 0 saturated heterocycles. The van der Waals surface area contributed by atoms with Crippen LogP contribution >= 0.6 is 0 Å². The van der Waals surface area contributed by atoms with Gasteiger partial charge in [-0.1, -0.05) is 36.4 Å². The summed E-state index contributed by atoms with van der Waals surface area (Å²) in [7, 11) is 1.79. The topological polar surface area (TPSA) is 73.1 Å². The molecule has 2 heterocycles. The zero-order valence-electron chi connectivity index (χ0n) is 14.8. The molecular formula is C21H18N4O2. The van der Waals surface area contributed by atoms with Gasteiger partial charge < -0.3 is 9.84 Å². The second-order valence-electron chi connectivity index (χ2n) is 6.05. The fraction of sp³-hybridized carbons (Fsp3) is 0.0952. The number of phenols is 1. The van der Waals surface area contributed by atoms with E-state index in [1.165, 1.54) is 0 Å². The molecule has 0 bridgehead atoms. The smallest absolute Gasteiger partial charge is 0.200 e. The van der Waals surface area contributed by atoms with Crippen LogP contribution in [0.25, 0.3) is 22.9 Å². The minimum Gasteiger partial charge on any atom is -0.507 e. The Morgan fingerprint density at radius 1 is 1.00 bits per heavy atom. The van der Waals surface area contributed by atoms with Gasteiger partial charge >= 0.3 is 0 Å². The number of nitrogens with zero attached hydrogens (tertiary/aromatic N) is 4. The second-order valence-corrected chi connectivity index (χ2v) is 6.05. The number of hydrogen-bond donors (Lipinski definition) is 1. The molecule has 1 N–H and O–H groups in total. The van der Waals surface area contributed by atoms with Gasteiger partial charge in [-0.2, -0.15) is 0 Å². The Bertz CT molecular complexity index is 1050. The Hall–Kier alpha value is -3.67. The van der Waals surface area contributed by atoms with E-state index in [9.17, 15) is 5.11 Å². The van der Waals surface area contributed by atoms with Crippen LogP contribution < -0.4 is 4.74 Å². The molecule has 2 aromatic carbocycles. The molecule has 0 unspecified atom stereocenters. The number of rotatable bonds is 5. The second kappa shape index (κ2) is 7.29. The molecule has 0 aliphatic carbocycles. The first-order valence-electron chi connectivity index (χ1n) is 8.53. The Balaban J connectivity index is 1.57. The first kappa shape index (κ1) is 16.8. The summed E-state index contributed by atoms with van der Waals surface area (Å²) in [5, 5.41) is 14.9. The number of ether oxygens (including phenoxy) is 1. The third-order valence-corrected chi connectivity index (χ3v) is 4.12. The van der Waals surface area contributed by atoms with Gasteiger partial charge in [0.2, 0.25) is 0 Å². The highest BCUT2D eigenvalue weighted by Gasteiger charge is 2.15. The monoisotopic (exact) mass is 358 g/mol. The Labute approximate surface area is 156 Å². The Kier molecular flexibility index (Phi) is 4.53. The third kappa shape index (κ3) is 3.64. The van der Waals surface area contributed by atoms with Crippen molar-refractivity contribution in [3.05, 3.63) is 78.5 Å². The van der Waals surface area contributed by atoms with Crippen molar-refractivity contribution in [1.82, 2.24) is 19.7 Å². The molecule has 0 aliphatic heterocycles. The summed E-state index contributed by atoms with van der Waals surface area (Å²) >= 11 is 0. The van der Waals surface area contributed by atoms with E-state index in [4.69, 9.17) is 4.74 Å². The quantitative estimate of drug-likeness (QED) is 0.587. The average molecular weight is 358 g/mol. The molecule has 6 nitrogen and oxygen atoms in total.